The number of carbonyl (C=O) groups is 1. The van der Waals surface area contributed by atoms with Crippen LogP contribution in [-0.2, 0) is 4.79 Å². The van der Waals surface area contributed by atoms with E-state index in [1.807, 2.05) is 28.9 Å². The SMILES string of the molecule is O=C(C1CCC1)N1CCSC1c1cccnc1. The molecule has 3 nitrogen and oxygen atoms in total. The van der Waals surface area contributed by atoms with Gasteiger partial charge < -0.3 is 4.90 Å². The molecule has 1 saturated heterocycles. The number of rotatable bonds is 2. The molecule has 1 aromatic heterocycles. The predicted octanol–water partition coefficient (Wildman–Crippen LogP) is 2.46. The number of hydrogen-bond donors (Lipinski definition) is 0. The third-order valence-corrected chi connectivity index (χ3v) is 4.86. The Hall–Kier alpha value is -1.03. The van der Waals surface area contributed by atoms with E-state index in [1.54, 1.807) is 6.20 Å². The molecule has 2 heterocycles. The van der Waals surface area contributed by atoms with E-state index < -0.39 is 0 Å². The number of nitrogens with zero attached hydrogens (tertiary/aromatic N) is 2. The number of pyridine rings is 1. The minimum absolute atomic E-state index is 0.191. The van der Waals surface area contributed by atoms with Crippen LogP contribution in [0.15, 0.2) is 24.5 Å². The Morgan fingerprint density at radius 2 is 2.35 bits per heavy atom. The van der Waals surface area contributed by atoms with Crippen molar-refractivity contribution in [3.05, 3.63) is 30.1 Å². The number of amides is 1. The molecule has 1 amide bonds. The summed E-state index contributed by atoms with van der Waals surface area (Å²) in [6.45, 7) is 0.888. The first-order valence-corrected chi connectivity index (χ1v) is 7.23. The summed E-state index contributed by atoms with van der Waals surface area (Å²) < 4.78 is 0. The molecule has 1 aliphatic carbocycles. The van der Waals surface area contributed by atoms with Gasteiger partial charge in [0.2, 0.25) is 5.91 Å². The number of thioether (sulfide) groups is 1. The molecule has 0 spiro atoms. The fourth-order valence-electron chi connectivity index (χ4n) is 2.38. The molecule has 0 aromatic carbocycles. The number of aromatic nitrogens is 1. The maximum absolute atomic E-state index is 12.3. The van der Waals surface area contributed by atoms with Gasteiger partial charge in [-0.25, -0.2) is 0 Å². The quantitative estimate of drug-likeness (QED) is 0.806. The molecule has 0 bridgehead atoms. The minimum atomic E-state index is 0.191. The van der Waals surface area contributed by atoms with Crippen LogP contribution < -0.4 is 0 Å². The number of hydrogen-bond acceptors (Lipinski definition) is 3. The van der Waals surface area contributed by atoms with Gasteiger partial charge in [0.15, 0.2) is 0 Å². The second-order valence-corrected chi connectivity index (χ2v) is 5.86. The van der Waals surface area contributed by atoms with Gasteiger partial charge in [0.1, 0.15) is 5.37 Å². The molecule has 17 heavy (non-hydrogen) atoms. The molecule has 1 atom stereocenters. The molecule has 0 N–H and O–H groups in total. The second kappa shape index (κ2) is 4.69. The Morgan fingerprint density at radius 1 is 1.47 bits per heavy atom. The van der Waals surface area contributed by atoms with Crippen molar-refractivity contribution in [2.24, 2.45) is 5.92 Å². The normalized spacial score (nSPS) is 24.7. The molecule has 1 saturated carbocycles. The van der Waals surface area contributed by atoms with Crippen LogP contribution in [0.25, 0.3) is 0 Å². The van der Waals surface area contributed by atoms with Crippen LogP contribution in [0, 0.1) is 5.92 Å². The molecule has 4 heteroatoms. The first kappa shape index (κ1) is 11.1. The average molecular weight is 248 g/mol. The summed E-state index contributed by atoms with van der Waals surface area (Å²) in [5, 5.41) is 0.191. The van der Waals surface area contributed by atoms with Gasteiger partial charge in [-0.3, -0.25) is 9.78 Å². The highest BCUT2D eigenvalue weighted by Gasteiger charge is 2.36. The van der Waals surface area contributed by atoms with Crippen LogP contribution in [0.3, 0.4) is 0 Å². The van der Waals surface area contributed by atoms with Crippen molar-refractivity contribution in [1.82, 2.24) is 9.88 Å². The summed E-state index contributed by atoms with van der Waals surface area (Å²) in [7, 11) is 0. The zero-order chi connectivity index (χ0) is 11.7. The van der Waals surface area contributed by atoms with E-state index >= 15 is 0 Å². The first-order chi connectivity index (χ1) is 8.36. The minimum Gasteiger partial charge on any atom is -0.325 e. The van der Waals surface area contributed by atoms with Gasteiger partial charge in [0.05, 0.1) is 0 Å². The van der Waals surface area contributed by atoms with E-state index in [0.29, 0.717) is 11.8 Å². The lowest BCUT2D eigenvalue weighted by molar-refractivity contribution is -0.138. The van der Waals surface area contributed by atoms with Crippen molar-refractivity contribution in [2.45, 2.75) is 24.6 Å². The molecule has 0 radical (unpaired) electrons. The fourth-order valence-corrected chi connectivity index (χ4v) is 3.63. The van der Waals surface area contributed by atoms with Crippen LogP contribution in [0.5, 0.6) is 0 Å². The lowest BCUT2D eigenvalue weighted by Gasteiger charge is -2.32. The highest BCUT2D eigenvalue weighted by atomic mass is 32.2. The van der Waals surface area contributed by atoms with Gasteiger partial charge in [-0.2, -0.15) is 0 Å². The molecule has 2 fully saturated rings. The standard InChI is InChI=1S/C13H16N2OS/c16-12(10-3-1-4-10)15-7-8-17-13(15)11-5-2-6-14-9-11/h2,5-6,9-10,13H,1,3-4,7-8H2. The Morgan fingerprint density at radius 3 is 3.00 bits per heavy atom. The van der Waals surface area contributed by atoms with Gasteiger partial charge in [-0.05, 0) is 18.9 Å². The van der Waals surface area contributed by atoms with Crippen molar-refractivity contribution in [3.63, 3.8) is 0 Å². The maximum atomic E-state index is 12.3. The van der Waals surface area contributed by atoms with E-state index in [4.69, 9.17) is 0 Å². The van der Waals surface area contributed by atoms with Crippen LogP contribution in [0.2, 0.25) is 0 Å². The van der Waals surface area contributed by atoms with Gasteiger partial charge in [-0.1, -0.05) is 12.5 Å². The number of carbonyl (C=O) groups excluding carboxylic acids is 1. The molecule has 3 rings (SSSR count). The zero-order valence-electron chi connectivity index (χ0n) is 9.71. The predicted molar refractivity (Wildman–Crippen MR) is 68.5 cm³/mol. The molecular weight excluding hydrogens is 232 g/mol. The second-order valence-electron chi connectivity index (χ2n) is 4.67. The van der Waals surface area contributed by atoms with Crippen LogP contribution >= 0.6 is 11.8 Å². The summed E-state index contributed by atoms with van der Waals surface area (Å²) in [6, 6.07) is 4.01. The fraction of sp³-hybridized carbons (Fsp3) is 0.538. The van der Waals surface area contributed by atoms with Crippen molar-refractivity contribution in [3.8, 4) is 0 Å². The Balaban J connectivity index is 1.77. The third-order valence-electron chi connectivity index (χ3n) is 3.60. The average Bonchev–Trinajstić information content (AvgIpc) is 2.76. The van der Waals surface area contributed by atoms with E-state index in [9.17, 15) is 4.79 Å². The highest BCUT2D eigenvalue weighted by molar-refractivity contribution is 7.99. The first-order valence-electron chi connectivity index (χ1n) is 6.18. The van der Waals surface area contributed by atoms with E-state index in [-0.39, 0.29) is 5.37 Å². The van der Waals surface area contributed by atoms with Gasteiger partial charge >= 0.3 is 0 Å². The molecule has 1 unspecified atom stereocenters. The highest BCUT2D eigenvalue weighted by Crippen LogP contribution is 2.40. The van der Waals surface area contributed by atoms with Crippen molar-refractivity contribution in [1.29, 1.82) is 0 Å². The van der Waals surface area contributed by atoms with Crippen molar-refractivity contribution >= 4 is 17.7 Å². The summed E-state index contributed by atoms with van der Waals surface area (Å²) in [5.74, 6) is 1.70. The van der Waals surface area contributed by atoms with E-state index in [2.05, 4.69) is 11.1 Å². The van der Waals surface area contributed by atoms with Crippen LogP contribution in [0.1, 0.15) is 30.2 Å². The smallest absolute Gasteiger partial charge is 0.226 e. The molecule has 1 aliphatic heterocycles. The van der Waals surface area contributed by atoms with E-state index in [0.717, 1.165) is 30.7 Å². The summed E-state index contributed by atoms with van der Waals surface area (Å²) in [4.78, 5) is 18.5. The Kier molecular flexibility index (Phi) is 3.05. The summed E-state index contributed by atoms with van der Waals surface area (Å²) >= 11 is 1.85. The third kappa shape index (κ3) is 2.06. The summed E-state index contributed by atoms with van der Waals surface area (Å²) in [6.07, 6.45) is 7.04. The van der Waals surface area contributed by atoms with Gasteiger partial charge in [-0.15, -0.1) is 11.8 Å². The van der Waals surface area contributed by atoms with Crippen LogP contribution in [-0.4, -0.2) is 28.1 Å². The molecule has 2 aliphatic rings. The van der Waals surface area contributed by atoms with Crippen molar-refractivity contribution in [2.75, 3.05) is 12.3 Å². The van der Waals surface area contributed by atoms with Gasteiger partial charge in [0.25, 0.3) is 0 Å². The molecule has 1 aromatic rings. The Labute approximate surface area is 106 Å². The summed E-state index contributed by atoms with van der Waals surface area (Å²) in [5.41, 5.74) is 1.16. The topological polar surface area (TPSA) is 33.2 Å². The maximum Gasteiger partial charge on any atom is 0.226 e. The zero-order valence-corrected chi connectivity index (χ0v) is 10.5. The lowest BCUT2D eigenvalue weighted by atomic mass is 9.84. The Bertz CT molecular complexity index is 405. The largest absolute Gasteiger partial charge is 0.325 e. The van der Waals surface area contributed by atoms with Gasteiger partial charge in [0, 0.05) is 36.2 Å². The van der Waals surface area contributed by atoms with Crippen molar-refractivity contribution < 1.29 is 4.79 Å². The van der Waals surface area contributed by atoms with Crippen LogP contribution in [0.4, 0.5) is 0 Å². The monoisotopic (exact) mass is 248 g/mol. The lowest BCUT2D eigenvalue weighted by Crippen LogP contribution is -2.38. The molecular formula is C13H16N2OS. The van der Waals surface area contributed by atoms with E-state index in [1.165, 1.54) is 6.42 Å². The molecule has 90 valence electrons.